The van der Waals surface area contributed by atoms with Crippen molar-refractivity contribution >= 4 is 22.7 Å². The standard InChI is InChI=1S/C4H7BNO2P/c5-6-4(3(7)9)1-8-2-4/h6H,1-2,9H2. The van der Waals surface area contributed by atoms with Crippen LogP contribution in [-0.4, -0.2) is 32.3 Å². The first-order valence-corrected chi connectivity index (χ1v) is 3.14. The molecular formula is C4H7BNO2P. The fraction of sp³-hybridized carbons (Fsp3) is 0.750. The molecule has 0 aromatic carbocycles. The lowest BCUT2D eigenvalue weighted by Crippen LogP contribution is -2.63. The van der Waals surface area contributed by atoms with E-state index in [1.54, 1.807) is 0 Å². The quantitative estimate of drug-likeness (QED) is 0.391. The molecule has 1 heterocycles. The van der Waals surface area contributed by atoms with Crippen LogP contribution >= 0.6 is 9.24 Å². The monoisotopic (exact) mass is 143 g/mol. The number of rotatable bonds is 2. The lowest BCUT2D eigenvalue weighted by Gasteiger charge is -2.38. The van der Waals surface area contributed by atoms with Crippen molar-refractivity contribution < 1.29 is 9.53 Å². The molecule has 0 amide bonds. The molecule has 0 aromatic rings. The van der Waals surface area contributed by atoms with E-state index in [0.29, 0.717) is 13.2 Å². The molecule has 0 spiro atoms. The molecular weight excluding hydrogens is 136 g/mol. The minimum absolute atomic E-state index is 0.0451. The summed E-state index contributed by atoms with van der Waals surface area (Å²) in [4.78, 5) is 10.7. The van der Waals surface area contributed by atoms with E-state index in [0.717, 1.165) is 0 Å². The Labute approximate surface area is 57.2 Å². The number of hydrogen-bond acceptors (Lipinski definition) is 3. The fourth-order valence-electron chi connectivity index (χ4n) is 0.603. The number of nitrogens with one attached hydrogen (secondary N) is 1. The fourth-order valence-corrected chi connectivity index (χ4v) is 0.853. The molecule has 0 bridgehead atoms. The molecule has 48 valence electrons. The Morgan fingerprint density at radius 1 is 1.78 bits per heavy atom. The third-order valence-corrected chi connectivity index (χ3v) is 2.00. The Hall–Kier alpha value is 0.0849. The van der Waals surface area contributed by atoms with Gasteiger partial charge in [-0.1, -0.05) is 9.24 Å². The molecule has 0 saturated carbocycles. The van der Waals surface area contributed by atoms with Crippen molar-refractivity contribution in [2.45, 2.75) is 5.54 Å². The maximum Gasteiger partial charge on any atom is 0.179 e. The summed E-state index contributed by atoms with van der Waals surface area (Å²) in [6.07, 6.45) is 0. The van der Waals surface area contributed by atoms with Gasteiger partial charge < -0.3 is 9.96 Å². The Morgan fingerprint density at radius 2 is 2.33 bits per heavy atom. The van der Waals surface area contributed by atoms with Gasteiger partial charge in [-0.15, -0.1) is 0 Å². The van der Waals surface area contributed by atoms with Gasteiger partial charge in [0, 0.05) is 0 Å². The van der Waals surface area contributed by atoms with E-state index in [9.17, 15) is 4.79 Å². The van der Waals surface area contributed by atoms with Gasteiger partial charge in [0.25, 0.3) is 0 Å². The molecule has 0 aliphatic carbocycles. The second-order valence-corrected chi connectivity index (χ2v) is 2.61. The number of carbonyl (C=O) groups is 1. The van der Waals surface area contributed by atoms with Gasteiger partial charge in [-0.05, 0) is 0 Å². The van der Waals surface area contributed by atoms with Gasteiger partial charge in [0.15, 0.2) is 13.5 Å². The van der Waals surface area contributed by atoms with Gasteiger partial charge >= 0.3 is 0 Å². The maximum absolute atomic E-state index is 10.7. The zero-order valence-corrected chi connectivity index (χ0v) is 6.04. The summed E-state index contributed by atoms with van der Waals surface area (Å²) in [5.41, 5.74) is -0.652. The van der Waals surface area contributed by atoms with Crippen LogP contribution in [0.1, 0.15) is 0 Å². The summed E-state index contributed by atoms with van der Waals surface area (Å²) in [7, 11) is 7.19. The number of hydrogen-bond donors (Lipinski definition) is 1. The average molecular weight is 143 g/mol. The van der Waals surface area contributed by atoms with Crippen molar-refractivity contribution in [3.8, 4) is 0 Å². The van der Waals surface area contributed by atoms with Crippen molar-refractivity contribution in [3.05, 3.63) is 0 Å². The molecule has 1 atom stereocenters. The molecule has 1 rings (SSSR count). The second-order valence-electron chi connectivity index (χ2n) is 2.08. The van der Waals surface area contributed by atoms with Gasteiger partial charge in [0.1, 0.15) is 5.54 Å². The Kier molecular flexibility index (Phi) is 1.89. The molecule has 1 aliphatic rings. The first kappa shape index (κ1) is 7.20. The SMILES string of the molecule is [B]NC1(C(=O)P)COC1. The van der Waals surface area contributed by atoms with Gasteiger partial charge in [-0.25, -0.2) is 0 Å². The average Bonchev–Trinajstić information content (AvgIpc) is 1.62. The minimum Gasteiger partial charge on any atom is -0.377 e. The summed E-state index contributed by atoms with van der Waals surface area (Å²) in [6, 6.07) is 0. The van der Waals surface area contributed by atoms with Crippen molar-refractivity contribution in [2.75, 3.05) is 13.2 Å². The van der Waals surface area contributed by atoms with E-state index in [1.165, 1.54) is 0 Å². The third-order valence-electron chi connectivity index (χ3n) is 1.44. The van der Waals surface area contributed by atoms with Crippen molar-refractivity contribution in [1.82, 2.24) is 5.23 Å². The molecule has 1 fully saturated rings. The summed E-state index contributed by atoms with van der Waals surface area (Å²) in [5.74, 6) is 0. The lowest BCUT2D eigenvalue weighted by atomic mass is 9.97. The molecule has 5 heteroatoms. The van der Waals surface area contributed by atoms with Crippen molar-refractivity contribution in [1.29, 1.82) is 0 Å². The third kappa shape index (κ3) is 1.03. The Balaban J connectivity index is 2.57. The largest absolute Gasteiger partial charge is 0.377 e. The second kappa shape index (κ2) is 2.37. The van der Waals surface area contributed by atoms with Crippen molar-refractivity contribution in [2.24, 2.45) is 0 Å². The molecule has 1 N–H and O–H groups in total. The summed E-state index contributed by atoms with van der Waals surface area (Å²) < 4.78 is 4.81. The van der Waals surface area contributed by atoms with Crippen LogP contribution < -0.4 is 5.23 Å². The summed E-state index contributed by atoms with van der Waals surface area (Å²) >= 11 is 0. The van der Waals surface area contributed by atoms with Crippen molar-refractivity contribution in [3.63, 3.8) is 0 Å². The zero-order valence-electron chi connectivity index (χ0n) is 4.89. The van der Waals surface area contributed by atoms with E-state index < -0.39 is 5.54 Å². The topological polar surface area (TPSA) is 38.3 Å². The Morgan fingerprint density at radius 3 is 2.33 bits per heavy atom. The first-order valence-electron chi connectivity index (χ1n) is 2.57. The van der Waals surface area contributed by atoms with Crippen LogP contribution in [0.3, 0.4) is 0 Å². The molecule has 0 aromatic heterocycles. The predicted molar refractivity (Wildman–Crippen MR) is 37.2 cm³/mol. The van der Waals surface area contributed by atoms with Crippen LogP contribution in [0.2, 0.25) is 0 Å². The van der Waals surface area contributed by atoms with E-state index in [4.69, 9.17) is 12.7 Å². The van der Waals surface area contributed by atoms with E-state index in [1.807, 2.05) is 0 Å². The van der Waals surface area contributed by atoms with Gasteiger partial charge in [0.2, 0.25) is 0 Å². The van der Waals surface area contributed by atoms with Crippen LogP contribution in [0.5, 0.6) is 0 Å². The zero-order chi connectivity index (χ0) is 6.91. The van der Waals surface area contributed by atoms with E-state index in [-0.39, 0.29) is 5.52 Å². The van der Waals surface area contributed by atoms with Gasteiger partial charge in [-0.2, -0.15) is 0 Å². The molecule has 3 nitrogen and oxygen atoms in total. The maximum atomic E-state index is 10.7. The van der Waals surface area contributed by atoms with Gasteiger partial charge in [-0.3, -0.25) is 4.79 Å². The van der Waals surface area contributed by atoms with E-state index >= 15 is 0 Å². The minimum atomic E-state index is -0.606. The highest BCUT2D eigenvalue weighted by Crippen LogP contribution is 2.19. The normalized spacial score (nSPS) is 22.8. The van der Waals surface area contributed by atoms with Crippen LogP contribution in [0, 0.1) is 0 Å². The molecule has 1 saturated heterocycles. The highest BCUT2D eigenvalue weighted by atomic mass is 31.0. The van der Waals surface area contributed by atoms with Gasteiger partial charge in [0.05, 0.1) is 13.2 Å². The van der Waals surface area contributed by atoms with Crippen LogP contribution in [-0.2, 0) is 9.53 Å². The van der Waals surface area contributed by atoms with Crippen LogP contribution in [0.15, 0.2) is 0 Å². The molecule has 9 heavy (non-hydrogen) atoms. The van der Waals surface area contributed by atoms with Crippen LogP contribution in [0.25, 0.3) is 0 Å². The Bertz CT molecular complexity index is 131. The van der Waals surface area contributed by atoms with Crippen LogP contribution in [0.4, 0.5) is 0 Å². The lowest BCUT2D eigenvalue weighted by molar-refractivity contribution is -0.133. The summed E-state index contributed by atoms with van der Waals surface area (Å²) in [5, 5.41) is 2.42. The van der Waals surface area contributed by atoms with E-state index in [2.05, 4.69) is 14.5 Å². The summed E-state index contributed by atoms with van der Waals surface area (Å²) in [6.45, 7) is 0.762. The highest BCUT2D eigenvalue weighted by molar-refractivity contribution is 7.40. The molecule has 1 aliphatic heterocycles. The predicted octanol–water partition coefficient (Wildman–Crippen LogP) is -1.17. The first-order chi connectivity index (χ1) is 4.21. The number of ether oxygens (including phenoxy) is 1. The molecule has 2 radical (unpaired) electrons. The highest BCUT2D eigenvalue weighted by Gasteiger charge is 2.41. The number of carbonyl (C=O) groups excluding carboxylic acids is 1. The molecule has 1 unspecified atom stereocenters. The smallest absolute Gasteiger partial charge is 0.179 e.